The molecule has 8 nitrogen and oxygen atoms in total. The summed E-state index contributed by atoms with van der Waals surface area (Å²) in [4.78, 5) is 32.2. The van der Waals surface area contributed by atoms with Crippen LogP contribution in [0.5, 0.6) is 5.75 Å². The van der Waals surface area contributed by atoms with Crippen LogP contribution in [0.3, 0.4) is 0 Å². The summed E-state index contributed by atoms with van der Waals surface area (Å²) in [6.07, 6.45) is 0. The number of anilines is 1. The minimum atomic E-state index is -0.384. The number of benzene rings is 2. The Morgan fingerprint density at radius 1 is 1.10 bits per heavy atom. The molecule has 0 atom stereocenters. The fourth-order valence-electron chi connectivity index (χ4n) is 3.86. The van der Waals surface area contributed by atoms with E-state index >= 15 is 0 Å². The molecule has 1 aliphatic heterocycles. The number of ether oxygens (including phenoxy) is 1. The van der Waals surface area contributed by atoms with Gasteiger partial charge in [-0.15, -0.1) is 5.10 Å². The minimum absolute atomic E-state index is 0.159. The second kappa shape index (κ2) is 7.39. The number of hydrogen-bond acceptors (Lipinski definition) is 5. The Labute approximate surface area is 178 Å². The Bertz CT molecular complexity index is 1360. The van der Waals surface area contributed by atoms with Gasteiger partial charge in [0.05, 0.1) is 17.9 Å². The first kappa shape index (κ1) is 19.0. The van der Waals surface area contributed by atoms with Crippen molar-refractivity contribution < 1.29 is 9.53 Å². The molecule has 4 aromatic rings. The van der Waals surface area contributed by atoms with Crippen LogP contribution in [0.1, 0.15) is 11.4 Å². The Morgan fingerprint density at radius 3 is 2.71 bits per heavy atom. The summed E-state index contributed by atoms with van der Waals surface area (Å²) in [6.45, 7) is 4.40. The number of amides is 1. The van der Waals surface area contributed by atoms with Gasteiger partial charge in [-0.25, -0.2) is 18.9 Å². The number of aromatic nitrogens is 4. The summed E-state index contributed by atoms with van der Waals surface area (Å²) < 4.78 is 8.29. The molecular formula is C23H21N5O3. The number of aryl methyl sites for hydroxylation is 2. The predicted octanol–water partition coefficient (Wildman–Crippen LogP) is 2.60. The van der Waals surface area contributed by atoms with E-state index in [0.717, 1.165) is 22.5 Å². The van der Waals surface area contributed by atoms with E-state index in [1.165, 1.54) is 9.08 Å². The highest BCUT2D eigenvalue weighted by molar-refractivity contribution is 5.95. The van der Waals surface area contributed by atoms with Crippen LogP contribution in [-0.4, -0.2) is 38.2 Å². The number of rotatable bonds is 3. The first-order valence-corrected chi connectivity index (χ1v) is 10.1. The first-order chi connectivity index (χ1) is 15.0. The fraction of sp³-hybridized carbons (Fsp3) is 0.217. The van der Waals surface area contributed by atoms with E-state index in [9.17, 15) is 9.59 Å². The van der Waals surface area contributed by atoms with Crippen LogP contribution in [-0.2, 0) is 11.3 Å². The van der Waals surface area contributed by atoms with Crippen LogP contribution in [0.2, 0.25) is 0 Å². The predicted molar refractivity (Wildman–Crippen MR) is 116 cm³/mol. The van der Waals surface area contributed by atoms with Crippen LogP contribution in [0.15, 0.2) is 59.4 Å². The lowest BCUT2D eigenvalue weighted by atomic mass is 10.1. The average Bonchev–Trinajstić information content (AvgIpc) is 3.09. The topological polar surface area (TPSA) is 81.7 Å². The van der Waals surface area contributed by atoms with Gasteiger partial charge in [0.2, 0.25) is 5.91 Å². The molecule has 5 rings (SSSR count). The molecule has 8 heteroatoms. The zero-order valence-electron chi connectivity index (χ0n) is 17.3. The van der Waals surface area contributed by atoms with Crippen LogP contribution in [0.4, 0.5) is 5.69 Å². The molecule has 0 bridgehead atoms. The molecule has 156 valence electrons. The van der Waals surface area contributed by atoms with E-state index in [2.05, 4.69) is 10.1 Å². The highest BCUT2D eigenvalue weighted by Gasteiger charge is 2.25. The molecular weight excluding hydrogens is 394 g/mol. The summed E-state index contributed by atoms with van der Waals surface area (Å²) >= 11 is 0. The Hall–Kier alpha value is -3.94. The van der Waals surface area contributed by atoms with Gasteiger partial charge in [0.15, 0.2) is 5.65 Å². The fourth-order valence-corrected chi connectivity index (χ4v) is 3.86. The number of carbonyl (C=O) groups is 1. The largest absolute Gasteiger partial charge is 0.490 e. The van der Waals surface area contributed by atoms with Crippen LogP contribution in [0.25, 0.3) is 16.9 Å². The van der Waals surface area contributed by atoms with Crippen LogP contribution >= 0.6 is 0 Å². The monoisotopic (exact) mass is 415 g/mol. The first-order valence-electron chi connectivity index (χ1n) is 10.1. The summed E-state index contributed by atoms with van der Waals surface area (Å²) in [5.41, 5.74) is 3.49. The third-order valence-electron chi connectivity index (χ3n) is 5.37. The Morgan fingerprint density at radius 2 is 1.90 bits per heavy atom. The summed E-state index contributed by atoms with van der Waals surface area (Å²) in [7, 11) is 0. The third kappa shape index (κ3) is 3.35. The highest BCUT2D eigenvalue weighted by atomic mass is 16.5. The SMILES string of the molecule is Cc1ccc2c(c1)N(C(=O)Cn1nc3cc(-c4ccccc4)nc(C)n3c1=O)CCO2. The molecule has 1 aliphatic rings. The van der Waals surface area contributed by atoms with Gasteiger partial charge in [-0.05, 0) is 31.5 Å². The molecule has 31 heavy (non-hydrogen) atoms. The average molecular weight is 415 g/mol. The molecule has 3 heterocycles. The standard InChI is InChI=1S/C23H21N5O3/c1-15-8-9-20-19(12-15)26(10-11-31-20)22(29)14-27-23(30)28-16(2)24-18(13-21(28)25-27)17-6-4-3-5-7-17/h3-9,12-13H,10-11,14H2,1-2H3. The molecule has 2 aromatic carbocycles. The smallest absolute Gasteiger partial charge is 0.352 e. The molecule has 0 aliphatic carbocycles. The van der Waals surface area contributed by atoms with Gasteiger partial charge < -0.3 is 9.64 Å². The molecule has 0 radical (unpaired) electrons. The Balaban J connectivity index is 1.50. The van der Waals surface area contributed by atoms with E-state index < -0.39 is 0 Å². The maximum atomic E-state index is 13.1. The van der Waals surface area contributed by atoms with Crippen LogP contribution in [0, 0.1) is 13.8 Å². The van der Waals surface area contributed by atoms with E-state index in [1.54, 1.807) is 17.9 Å². The summed E-state index contributed by atoms with van der Waals surface area (Å²) in [5, 5.41) is 4.42. The number of carbonyl (C=O) groups excluding carboxylic acids is 1. The van der Waals surface area contributed by atoms with Crippen molar-refractivity contribution in [3.8, 4) is 17.0 Å². The zero-order chi connectivity index (χ0) is 21.5. The van der Waals surface area contributed by atoms with Gasteiger partial charge in [0.25, 0.3) is 0 Å². The Kier molecular flexibility index (Phi) is 4.54. The van der Waals surface area contributed by atoms with Crippen molar-refractivity contribution in [3.05, 3.63) is 76.5 Å². The second-order valence-corrected chi connectivity index (χ2v) is 7.55. The van der Waals surface area contributed by atoms with E-state index in [4.69, 9.17) is 4.74 Å². The van der Waals surface area contributed by atoms with Crippen LogP contribution < -0.4 is 15.3 Å². The van der Waals surface area contributed by atoms with E-state index in [-0.39, 0.29) is 18.1 Å². The number of hydrogen-bond donors (Lipinski definition) is 0. The number of fused-ring (bicyclic) bond motifs is 2. The van der Waals surface area contributed by atoms with Crippen molar-refractivity contribution in [1.29, 1.82) is 0 Å². The summed E-state index contributed by atoms with van der Waals surface area (Å²) in [6, 6.07) is 17.2. The van der Waals surface area contributed by atoms with Gasteiger partial charge in [-0.1, -0.05) is 36.4 Å². The van der Waals surface area contributed by atoms with Crippen molar-refractivity contribution in [2.45, 2.75) is 20.4 Å². The van der Waals surface area contributed by atoms with Crippen molar-refractivity contribution in [2.75, 3.05) is 18.1 Å². The molecule has 0 saturated carbocycles. The molecule has 1 amide bonds. The molecule has 0 unspecified atom stereocenters. The zero-order valence-corrected chi connectivity index (χ0v) is 17.3. The molecule has 2 aromatic heterocycles. The lowest BCUT2D eigenvalue weighted by Gasteiger charge is -2.29. The van der Waals surface area contributed by atoms with Gasteiger partial charge in [0, 0.05) is 11.6 Å². The lowest BCUT2D eigenvalue weighted by molar-refractivity contribution is -0.119. The second-order valence-electron chi connectivity index (χ2n) is 7.55. The lowest BCUT2D eigenvalue weighted by Crippen LogP contribution is -2.41. The number of nitrogens with zero attached hydrogens (tertiary/aromatic N) is 5. The maximum Gasteiger partial charge on any atom is 0.352 e. The van der Waals surface area contributed by atoms with Crippen molar-refractivity contribution in [3.63, 3.8) is 0 Å². The van der Waals surface area contributed by atoms with Crippen molar-refractivity contribution in [2.24, 2.45) is 0 Å². The molecule has 0 N–H and O–H groups in total. The van der Waals surface area contributed by atoms with Crippen molar-refractivity contribution >= 4 is 17.2 Å². The maximum absolute atomic E-state index is 13.1. The molecule has 0 saturated heterocycles. The minimum Gasteiger partial charge on any atom is -0.490 e. The van der Waals surface area contributed by atoms with Gasteiger partial charge in [-0.3, -0.25) is 4.79 Å². The quantitative estimate of drug-likeness (QED) is 0.514. The molecule has 0 spiro atoms. The third-order valence-corrected chi connectivity index (χ3v) is 5.37. The van der Waals surface area contributed by atoms with Gasteiger partial charge in [0.1, 0.15) is 24.7 Å². The normalized spacial score (nSPS) is 13.2. The summed E-state index contributed by atoms with van der Waals surface area (Å²) in [5.74, 6) is 0.974. The van der Waals surface area contributed by atoms with Gasteiger partial charge in [-0.2, -0.15) is 0 Å². The highest BCUT2D eigenvalue weighted by Crippen LogP contribution is 2.32. The van der Waals surface area contributed by atoms with E-state index in [1.807, 2.05) is 55.5 Å². The van der Waals surface area contributed by atoms with E-state index in [0.29, 0.717) is 30.4 Å². The van der Waals surface area contributed by atoms with Gasteiger partial charge >= 0.3 is 5.69 Å². The van der Waals surface area contributed by atoms with Crippen molar-refractivity contribution in [1.82, 2.24) is 19.2 Å². The molecule has 0 fully saturated rings.